The number of hydrogen-bond donors (Lipinski definition) is 1. The van der Waals surface area contributed by atoms with Crippen molar-refractivity contribution in [3.8, 4) is 5.69 Å². The van der Waals surface area contributed by atoms with E-state index >= 15 is 0 Å². The molecule has 124 valence electrons. The van der Waals surface area contributed by atoms with Crippen molar-refractivity contribution >= 4 is 12.0 Å². The van der Waals surface area contributed by atoms with E-state index in [9.17, 15) is 9.59 Å². The van der Waals surface area contributed by atoms with Gasteiger partial charge in [-0.3, -0.25) is 4.79 Å². The predicted molar refractivity (Wildman–Crippen MR) is 81.5 cm³/mol. The number of fused-ring (bicyclic) bond motifs is 2. The van der Waals surface area contributed by atoms with E-state index in [1.165, 1.54) is 11.2 Å². The molecule has 2 aliphatic rings. The first-order valence-electron chi connectivity index (χ1n) is 7.73. The molecule has 4 rings (SSSR count). The van der Waals surface area contributed by atoms with E-state index in [-0.39, 0.29) is 18.0 Å². The molecule has 24 heavy (non-hydrogen) atoms. The molecule has 0 aliphatic carbocycles. The summed E-state index contributed by atoms with van der Waals surface area (Å²) in [6.45, 7) is 0.919. The number of amides is 2. The van der Waals surface area contributed by atoms with Gasteiger partial charge in [0.1, 0.15) is 6.33 Å². The van der Waals surface area contributed by atoms with Crippen LogP contribution in [0.4, 0.5) is 4.79 Å². The molecule has 2 atom stereocenters. The van der Waals surface area contributed by atoms with Crippen LogP contribution < -0.4 is 0 Å². The fourth-order valence-electron chi connectivity index (χ4n) is 3.53. The largest absolute Gasteiger partial charge is 0.465 e. The van der Waals surface area contributed by atoms with Gasteiger partial charge in [0.05, 0.1) is 24.2 Å². The molecule has 1 aromatic carbocycles. The summed E-state index contributed by atoms with van der Waals surface area (Å²) >= 11 is 0. The van der Waals surface area contributed by atoms with Crippen molar-refractivity contribution in [2.24, 2.45) is 0 Å². The fourth-order valence-corrected chi connectivity index (χ4v) is 3.53. The summed E-state index contributed by atoms with van der Waals surface area (Å²) in [6, 6.07) is 7.44. The molecular formula is C15H16N6O3. The summed E-state index contributed by atoms with van der Waals surface area (Å²) in [4.78, 5) is 26.9. The van der Waals surface area contributed by atoms with Crippen LogP contribution in [-0.4, -0.2) is 72.3 Å². The van der Waals surface area contributed by atoms with Crippen LogP contribution in [-0.2, 0) is 11.2 Å². The van der Waals surface area contributed by atoms with Crippen molar-refractivity contribution in [2.45, 2.75) is 24.9 Å². The van der Waals surface area contributed by atoms with Gasteiger partial charge in [0.25, 0.3) is 0 Å². The number of tetrazole rings is 1. The molecule has 2 bridgehead atoms. The Hall–Kier alpha value is -2.97. The number of piperazine rings is 1. The number of aromatic nitrogens is 4. The summed E-state index contributed by atoms with van der Waals surface area (Å²) in [5.74, 6) is 0.0442. The molecule has 0 radical (unpaired) electrons. The molecule has 2 aliphatic heterocycles. The third-order valence-corrected chi connectivity index (χ3v) is 4.71. The maximum Gasteiger partial charge on any atom is 0.407 e. The quantitative estimate of drug-likeness (QED) is 0.861. The lowest BCUT2D eigenvalue weighted by molar-refractivity contribution is -0.132. The van der Waals surface area contributed by atoms with Gasteiger partial charge in [-0.25, -0.2) is 9.48 Å². The molecule has 9 heteroatoms. The first kappa shape index (κ1) is 14.6. The highest BCUT2D eigenvalue weighted by molar-refractivity contribution is 5.80. The smallest absolute Gasteiger partial charge is 0.407 e. The lowest BCUT2D eigenvalue weighted by atomic mass is 10.1. The molecule has 2 saturated heterocycles. The topological polar surface area (TPSA) is 104 Å². The summed E-state index contributed by atoms with van der Waals surface area (Å²) in [6.07, 6.45) is 1.67. The van der Waals surface area contributed by atoms with Gasteiger partial charge < -0.3 is 14.9 Å². The molecule has 0 saturated carbocycles. The Morgan fingerprint density at radius 1 is 1.12 bits per heavy atom. The van der Waals surface area contributed by atoms with Crippen molar-refractivity contribution in [2.75, 3.05) is 13.1 Å². The van der Waals surface area contributed by atoms with E-state index in [1.54, 1.807) is 4.68 Å². The van der Waals surface area contributed by atoms with Crippen LogP contribution in [0.25, 0.3) is 5.69 Å². The van der Waals surface area contributed by atoms with Crippen LogP contribution in [0.15, 0.2) is 30.6 Å². The number of rotatable bonds is 3. The highest BCUT2D eigenvalue weighted by Gasteiger charge is 2.46. The van der Waals surface area contributed by atoms with E-state index in [1.807, 2.05) is 29.2 Å². The number of benzene rings is 1. The van der Waals surface area contributed by atoms with E-state index in [0.717, 1.165) is 17.7 Å². The van der Waals surface area contributed by atoms with Gasteiger partial charge in [-0.2, -0.15) is 0 Å². The SMILES string of the molecule is O=C(O)N1CC2CC1CN2C(=O)Cc1ccc(-n2cnnn2)cc1. The van der Waals surface area contributed by atoms with Crippen molar-refractivity contribution in [1.29, 1.82) is 0 Å². The highest BCUT2D eigenvalue weighted by atomic mass is 16.4. The van der Waals surface area contributed by atoms with Crippen molar-refractivity contribution < 1.29 is 14.7 Å². The van der Waals surface area contributed by atoms with Crippen LogP contribution >= 0.6 is 0 Å². The van der Waals surface area contributed by atoms with Crippen LogP contribution in [0, 0.1) is 0 Å². The predicted octanol–water partition coefficient (Wildman–Crippen LogP) is 0.168. The van der Waals surface area contributed by atoms with Gasteiger partial charge in [0, 0.05) is 13.1 Å². The third-order valence-electron chi connectivity index (χ3n) is 4.71. The van der Waals surface area contributed by atoms with Crippen LogP contribution in [0.1, 0.15) is 12.0 Å². The first-order chi connectivity index (χ1) is 11.6. The van der Waals surface area contributed by atoms with E-state index in [4.69, 9.17) is 5.11 Å². The molecule has 9 nitrogen and oxygen atoms in total. The Morgan fingerprint density at radius 3 is 2.42 bits per heavy atom. The highest BCUT2D eigenvalue weighted by Crippen LogP contribution is 2.31. The number of nitrogens with zero attached hydrogens (tertiary/aromatic N) is 6. The van der Waals surface area contributed by atoms with Gasteiger partial charge in [-0.1, -0.05) is 12.1 Å². The molecule has 2 unspecified atom stereocenters. The molecule has 1 aromatic heterocycles. The van der Waals surface area contributed by atoms with Gasteiger partial charge >= 0.3 is 6.09 Å². The second kappa shape index (κ2) is 5.59. The minimum absolute atomic E-state index is 0.0131. The number of carbonyl (C=O) groups is 2. The van der Waals surface area contributed by atoms with Gasteiger partial charge in [-0.05, 0) is 34.5 Å². The lowest BCUT2D eigenvalue weighted by Crippen LogP contribution is -2.50. The maximum absolute atomic E-state index is 12.5. The van der Waals surface area contributed by atoms with Crippen molar-refractivity contribution in [3.05, 3.63) is 36.2 Å². The zero-order valence-electron chi connectivity index (χ0n) is 12.8. The molecule has 2 amide bonds. The number of carboxylic acid groups (broad SMARTS) is 1. The maximum atomic E-state index is 12.5. The Bertz CT molecular complexity index is 760. The Morgan fingerprint density at radius 2 is 1.83 bits per heavy atom. The zero-order chi connectivity index (χ0) is 16.7. The monoisotopic (exact) mass is 328 g/mol. The summed E-state index contributed by atoms with van der Waals surface area (Å²) < 4.78 is 1.55. The number of likely N-dealkylation sites (tertiary alicyclic amines) is 2. The van der Waals surface area contributed by atoms with Crippen LogP contribution in [0.5, 0.6) is 0 Å². The summed E-state index contributed by atoms with van der Waals surface area (Å²) in [5.41, 5.74) is 1.74. The minimum atomic E-state index is -0.896. The molecule has 2 aromatic rings. The van der Waals surface area contributed by atoms with Gasteiger partial charge in [0.15, 0.2) is 0 Å². The van der Waals surface area contributed by atoms with E-state index < -0.39 is 6.09 Å². The third kappa shape index (κ3) is 2.47. The lowest BCUT2D eigenvalue weighted by Gasteiger charge is -2.32. The number of hydrogen-bond acceptors (Lipinski definition) is 5. The Balaban J connectivity index is 1.40. The summed E-state index contributed by atoms with van der Waals surface area (Å²) in [5, 5.41) is 20.1. The Kier molecular flexibility index (Phi) is 3.40. The summed E-state index contributed by atoms with van der Waals surface area (Å²) in [7, 11) is 0. The second-order valence-electron chi connectivity index (χ2n) is 6.12. The van der Waals surface area contributed by atoms with Crippen molar-refractivity contribution in [1.82, 2.24) is 30.0 Å². The molecule has 1 N–H and O–H groups in total. The average Bonchev–Trinajstić information content (AvgIpc) is 3.31. The molecular weight excluding hydrogens is 312 g/mol. The average molecular weight is 328 g/mol. The van der Waals surface area contributed by atoms with Crippen molar-refractivity contribution in [3.63, 3.8) is 0 Å². The fraction of sp³-hybridized carbons (Fsp3) is 0.400. The molecule has 0 spiro atoms. The van der Waals surface area contributed by atoms with Crippen LogP contribution in [0.3, 0.4) is 0 Å². The number of carbonyl (C=O) groups excluding carboxylic acids is 1. The second-order valence-corrected chi connectivity index (χ2v) is 6.12. The Labute approximate surface area is 137 Å². The zero-order valence-corrected chi connectivity index (χ0v) is 12.8. The normalized spacial score (nSPS) is 22.2. The van der Waals surface area contributed by atoms with E-state index in [0.29, 0.717) is 19.5 Å². The van der Waals surface area contributed by atoms with Gasteiger partial charge in [-0.15, -0.1) is 5.10 Å². The standard InChI is InChI=1S/C15H16N6O3/c22-14(19-7-13-6-12(19)8-20(13)15(23)24)5-10-1-3-11(4-2-10)21-9-16-17-18-21/h1-4,9,12-13H,5-8H2,(H,23,24). The van der Waals surface area contributed by atoms with Crippen LogP contribution in [0.2, 0.25) is 0 Å². The van der Waals surface area contributed by atoms with Gasteiger partial charge in [0.2, 0.25) is 5.91 Å². The molecule has 3 heterocycles. The first-order valence-corrected chi connectivity index (χ1v) is 7.73. The van der Waals surface area contributed by atoms with E-state index in [2.05, 4.69) is 15.5 Å². The molecule has 2 fully saturated rings. The minimum Gasteiger partial charge on any atom is -0.465 e.